The fourth-order valence-corrected chi connectivity index (χ4v) is 4.24. The highest BCUT2D eigenvalue weighted by atomic mass is 35.5. The van der Waals surface area contributed by atoms with Crippen molar-refractivity contribution in [2.24, 2.45) is 5.92 Å². The summed E-state index contributed by atoms with van der Waals surface area (Å²) >= 11 is 6.32. The van der Waals surface area contributed by atoms with Gasteiger partial charge in [0.2, 0.25) is 5.91 Å². The van der Waals surface area contributed by atoms with Crippen molar-refractivity contribution in [2.75, 3.05) is 18.4 Å². The van der Waals surface area contributed by atoms with E-state index in [4.69, 9.17) is 11.6 Å². The quantitative estimate of drug-likeness (QED) is 0.575. The normalized spacial score (nSPS) is 13.8. The fraction of sp³-hybridized carbons (Fsp3) is 0.308. The predicted molar refractivity (Wildman–Crippen MR) is 132 cm³/mol. The van der Waals surface area contributed by atoms with Crippen LogP contribution in [-0.2, 0) is 11.3 Å². The van der Waals surface area contributed by atoms with Gasteiger partial charge in [0.1, 0.15) is 11.5 Å². The molecule has 8 heteroatoms. The number of likely N-dealkylation sites (tertiary alicyclic amines) is 1. The van der Waals surface area contributed by atoms with Gasteiger partial charge >= 0.3 is 0 Å². The fourth-order valence-electron chi connectivity index (χ4n) is 4.01. The largest absolute Gasteiger partial charge is 0.343 e. The molecule has 0 atom stereocenters. The van der Waals surface area contributed by atoms with Crippen LogP contribution in [0, 0.1) is 24.7 Å². The Morgan fingerprint density at radius 3 is 2.50 bits per heavy atom. The summed E-state index contributed by atoms with van der Waals surface area (Å²) in [5.41, 5.74) is 2.79. The van der Waals surface area contributed by atoms with E-state index in [-0.39, 0.29) is 11.8 Å². The van der Waals surface area contributed by atoms with Gasteiger partial charge in [-0.3, -0.25) is 14.3 Å². The maximum atomic E-state index is 13.1. The van der Waals surface area contributed by atoms with Crippen LogP contribution in [0.2, 0.25) is 5.02 Å². The van der Waals surface area contributed by atoms with Gasteiger partial charge in [0.25, 0.3) is 5.91 Å². The number of benzene rings is 1. The zero-order valence-corrected chi connectivity index (χ0v) is 20.0. The van der Waals surface area contributed by atoms with Gasteiger partial charge in [-0.1, -0.05) is 41.6 Å². The highest BCUT2D eigenvalue weighted by Crippen LogP contribution is 2.23. The third kappa shape index (κ3) is 5.64. The summed E-state index contributed by atoms with van der Waals surface area (Å²) < 4.78 is 1.65. The minimum atomic E-state index is -0.359. The molecule has 0 saturated carbocycles. The average molecular weight is 476 g/mol. The molecule has 1 fully saturated rings. The lowest BCUT2D eigenvalue weighted by Gasteiger charge is -2.31. The highest BCUT2D eigenvalue weighted by Gasteiger charge is 2.25. The van der Waals surface area contributed by atoms with E-state index < -0.39 is 0 Å². The summed E-state index contributed by atoms with van der Waals surface area (Å²) in [6, 6.07) is 11.6. The van der Waals surface area contributed by atoms with Crippen molar-refractivity contribution in [3.05, 3.63) is 76.2 Å². The zero-order valence-electron chi connectivity index (χ0n) is 19.2. The number of nitrogens with zero attached hydrogens (tertiary/aromatic N) is 4. The first kappa shape index (κ1) is 23.5. The number of pyridine rings is 1. The van der Waals surface area contributed by atoms with Crippen LogP contribution in [0.25, 0.3) is 0 Å². The van der Waals surface area contributed by atoms with E-state index in [1.54, 1.807) is 17.8 Å². The Balaban J connectivity index is 1.44. The summed E-state index contributed by atoms with van der Waals surface area (Å²) in [4.78, 5) is 30.9. The Labute approximate surface area is 204 Å². The van der Waals surface area contributed by atoms with E-state index in [2.05, 4.69) is 27.2 Å². The molecule has 1 aliphatic heterocycles. The van der Waals surface area contributed by atoms with E-state index in [0.717, 1.165) is 42.6 Å². The molecule has 2 amide bonds. The lowest BCUT2D eigenvalue weighted by molar-refractivity contribution is -0.130. The standard InChI is InChI=1S/C26H26ClN5O2/c1-18-14-22(9-8-20-6-4-3-5-7-20)15-28-25(18)30-26(34)24-23(27)16-29-32(24)17-21-10-12-31(13-11-21)19(2)33/h3-7,14-16,21H,10-13,17H2,1-2H3,(H,28,30,34). The summed E-state index contributed by atoms with van der Waals surface area (Å²) in [5.74, 6) is 6.72. The van der Waals surface area contributed by atoms with Gasteiger partial charge in [-0.05, 0) is 49.4 Å². The zero-order chi connectivity index (χ0) is 24.1. The average Bonchev–Trinajstić information content (AvgIpc) is 3.20. The van der Waals surface area contributed by atoms with Crippen molar-refractivity contribution in [1.82, 2.24) is 19.7 Å². The van der Waals surface area contributed by atoms with Crippen molar-refractivity contribution < 1.29 is 9.59 Å². The van der Waals surface area contributed by atoms with Gasteiger partial charge in [-0.25, -0.2) is 4.98 Å². The lowest BCUT2D eigenvalue weighted by atomic mass is 9.97. The monoisotopic (exact) mass is 475 g/mol. The molecule has 7 nitrogen and oxygen atoms in total. The van der Waals surface area contributed by atoms with E-state index in [1.807, 2.05) is 48.2 Å². The number of hydrogen-bond donors (Lipinski definition) is 1. The molecule has 0 bridgehead atoms. The molecule has 1 saturated heterocycles. The van der Waals surface area contributed by atoms with E-state index in [0.29, 0.717) is 29.0 Å². The molecule has 3 aromatic rings. The molecule has 1 aliphatic rings. The second-order valence-electron chi connectivity index (χ2n) is 8.43. The number of halogens is 1. The summed E-state index contributed by atoms with van der Waals surface area (Å²) in [6.07, 6.45) is 4.86. The SMILES string of the molecule is CC(=O)N1CCC(Cn2ncc(Cl)c2C(=O)Nc2ncc(C#Cc3ccccc3)cc2C)CC1. The maximum absolute atomic E-state index is 13.1. The lowest BCUT2D eigenvalue weighted by Crippen LogP contribution is -2.38. The van der Waals surface area contributed by atoms with E-state index in [1.165, 1.54) is 6.20 Å². The topological polar surface area (TPSA) is 80.1 Å². The molecule has 1 N–H and O–H groups in total. The number of amides is 2. The first-order valence-electron chi connectivity index (χ1n) is 11.2. The van der Waals surface area contributed by atoms with Crippen LogP contribution in [0.3, 0.4) is 0 Å². The van der Waals surface area contributed by atoms with E-state index in [9.17, 15) is 9.59 Å². The minimum absolute atomic E-state index is 0.0978. The number of anilines is 1. The van der Waals surface area contributed by atoms with Crippen molar-refractivity contribution in [2.45, 2.75) is 33.2 Å². The second kappa shape index (κ2) is 10.5. The second-order valence-corrected chi connectivity index (χ2v) is 8.84. The summed E-state index contributed by atoms with van der Waals surface area (Å²) in [7, 11) is 0. The maximum Gasteiger partial charge on any atom is 0.276 e. The third-order valence-electron chi connectivity index (χ3n) is 5.94. The van der Waals surface area contributed by atoms with Crippen LogP contribution in [0.5, 0.6) is 0 Å². The Bertz CT molecular complexity index is 1250. The molecule has 0 radical (unpaired) electrons. The summed E-state index contributed by atoms with van der Waals surface area (Å²) in [5, 5.41) is 7.47. The molecule has 0 unspecified atom stereocenters. The van der Waals surface area contributed by atoms with Crippen LogP contribution < -0.4 is 5.32 Å². The first-order chi connectivity index (χ1) is 16.4. The molecule has 0 spiro atoms. The molecule has 2 aromatic heterocycles. The summed E-state index contributed by atoms with van der Waals surface area (Å²) in [6.45, 7) is 5.48. The number of carbonyl (C=O) groups excluding carboxylic acids is 2. The minimum Gasteiger partial charge on any atom is -0.343 e. The predicted octanol–water partition coefficient (Wildman–Crippen LogP) is 4.15. The van der Waals surface area contributed by atoms with Crippen molar-refractivity contribution in [3.63, 3.8) is 0 Å². The van der Waals surface area contributed by atoms with Crippen LogP contribution in [0.15, 0.2) is 48.8 Å². The first-order valence-corrected chi connectivity index (χ1v) is 11.6. The van der Waals surface area contributed by atoms with Crippen LogP contribution in [0.1, 0.15) is 46.9 Å². The van der Waals surface area contributed by atoms with Gasteiger partial charge < -0.3 is 10.2 Å². The van der Waals surface area contributed by atoms with Gasteiger partial charge in [0.15, 0.2) is 0 Å². The molecular formula is C26H26ClN5O2. The third-order valence-corrected chi connectivity index (χ3v) is 6.21. The molecule has 0 aliphatic carbocycles. The van der Waals surface area contributed by atoms with Crippen molar-refractivity contribution in [1.29, 1.82) is 0 Å². The molecule has 174 valence electrons. The van der Waals surface area contributed by atoms with Gasteiger partial charge in [-0.15, -0.1) is 0 Å². The molecule has 1 aromatic carbocycles. The molecule has 4 rings (SSSR count). The van der Waals surface area contributed by atoms with E-state index >= 15 is 0 Å². The Morgan fingerprint density at radius 1 is 1.12 bits per heavy atom. The molecular weight excluding hydrogens is 450 g/mol. The van der Waals surface area contributed by atoms with Gasteiger partial charge in [0.05, 0.1) is 11.2 Å². The number of nitrogens with one attached hydrogen (secondary N) is 1. The van der Waals surface area contributed by atoms with Crippen LogP contribution >= 0.6 is 11.6 Å². The molecule has 3 heterocycles. The smallest absolute Gasteiger partial charge is 0.276 e. The number of rotatable bonds is 4. The van der Waals surface area contributed by atoms with Crippen molar-refractivity contribution >= 4 is 29.2 Å². The van der Waals surface area contributed by atoms with Crippen LogP contribution in [0.4, 0.5) is 5.82 Å². The Morgan fingerprint density at radius 2 is 1.82 bits per heavy atom. The van der Waals surface area contributed by atoms with Gasteiger partial charge in [-0.2, -0.15) is 5.10 Å². The Kier molecular flexibility index (Phi) is 7.29. The van der Waals surface area contributed by atoms with Crippen LogP contribution in [-0.4, -0.2) is 44.6 Å². The Hall–Kier alpha value is -3.63. The molecule has 34 heavy (non-hydrogen) atoms. The number of aryl methyl sites for hydroxylation is 1. The highest BCUT2D eigenvalue weighted by molar-refractivity contribution is 6.34. The number of hydrogen-bond acceptors (Lipinski definition) is 4. The number of carbonyl (C=O) groups is 2. The number of piperidine rings is 1. The van der Waals surface area contributed by atoms with Gasteiger partial charge in [0, 0.05) is 43.9 Å². The van der Waals surface area contributed by atoms with Crippen molar-refractivity contribution in [3.8, 4) is 11.8 Å². The number of aromatic nitrogens is 3.